The van der Waals surface area contributed by atoms with Crippen molar-refractivity contribution in [3.05, 3.63) is 29.3 Å². The van der Waals surface area contributed by atoms with E-state index in [4.69, 9.17) is 9.47 Å². The average Bonchev–Trinajstić information content (AvgIpc) is 3.16. The summed E-state index contributed by atoms with van der Waals surface area (Å²) in [6.45, 7) is 4.87. The Bertz CT molecular complexity index is 1140. The Labute approximate surface area is 221 Å². The van der Waals surface area contributed by atoms with Crippen molar-refractivity contribution in [2.45, 2.75) is 56.6 Å². The number of benzene rings is 1. The first-order chi connectivity index (χ1) is 18.3. The molecule has 4 heterocycles. The fraction of sp³-hybridized carbons (Fsp3) is 0.593. The fourth-order valence-corrected chi connectivity index (χ4v) is 5.95. The van der Waals surface area contributed by atoms with Gasteiger partial charge in [0.15, 0.2) is 0 Å². The third-order valence-corrected chi connectivity index (χ3v) is 8.12. The number of amides is 4. The Morgan fingerprint density at radius 2 is 1.84 bits per heavy atom. The van der Waals surface area contributed by atoms with E-state index in [2.05, 4.69) is 15.1 Å². The zero-order chi connectivity index (χ0) is 26.9. The number of hydrogen-bond acceptors (Lipinski definition) is 9. The highest BCUT2D eigenvalue weighted by molar-refractivity contribution is 6.23. The van der Waals surface area contributed by atoms with Gasteiger partial charge in [0.2, 0.25) is 11.8 Å². The van der Waals surface area contributed by atoms with Gasteiger partial charge < -0.3 is 14.4 Å². The maximum absolute atomic E-state index is 13.2. The lowest BCUT2D eigenvalue weighted by molar-refractivity contribution is -0.141. The summed E-state index contributed by atoms with van der Waals surface area (Å²) < 4.78 is 11.0. The van der Waals surface area contributed by atoms with E-state index < -0.39 is 29.7 Å². The highest BCUT2D eigenvalue weighted by Crippen LogP contribution is 2.35. The number of hydrogen-bond donors (Lipinski definition) is 1. The number of rotatable bonds is 7. The van der Waals surface area contributed by atoms with Crippen LogP contribution in [0.4, 0.5) is 5.69 Å². The molecule has 4 aliphatic rings. The molecule has 0 saturated carbocycles. The first kappa shape index (κ1) is 26.3. The van der Waals surface area contributed by atoms with Gasteiger partial charge in [0.05, 0.1) is 30.4 Å². The highest BCUT2D eigenvalue weighted by atomic mass is 16.5. The van der Waals surface area contributed by atoms with Crippen molar-refractivity contribution < 1.29 is 33.4 Å². The summed E-state index contributed by atoms with van der Waals surface area (Å²) in [6.07, 6.45) is 4.12. The largest absolute Gasteiger partial charge is 0.469 e. The van der Waals surface area contributed by atoms with Crippen LogP contribution >= 0.6 is 0 Å². The van der Waals surface area contributed by atoms with Gasteiger partial charge in [-0.2, -0.15) is 0 Å². The summed E-state index contributed by atoms with van der Waals surface area (Å²) in [4.78, 5) is 66.9. The number of fused-ring (bicyclic) bond motifs is 1. The van der Waals surface area contributed by atoms with Gasteiger partial charge >= 0.3 is 5.97 Å². The second-order valence-corrected chi connectivity index (χ2v) is 10.5. The van der Waals surface area contributed by atoms with Crippen molar-refractivity contribution in [3.8, 4) is 0 Å². The second kappa shape index (κ2) is 10.8. The predicted octanol–water partition coefficient (Wildman–Crippen LogP) is 1.10. The number of imide groups is 2. The molecule has 11 nitrogen and oxygen atoms in total. The minimum absolute atomic E-state index is 0.0948. The molecule has 1 atom stereocenters. The van der Waals surface area contributed by atoms with Gasteiger partial charge in [-0.15, -0.1) is 0 Å². The first-order valence-electron chi connectivity index (χ1n) is 13.3. The van der Waals surface area contributed by atoms with E-state index in [1.165, 1.54) is 7.11 Å². The minimum Gasteiger partial charge on any atom is -0.469 e. The van der Waals surface area contributed by atoms with Crippen molar-refractivity contribution in [2.75, 3.05) is 51.3 Å². The molecule has 11 heteroatoms. The van der Waals surface area contributed by atoms with Gasteiger partial charge in [-0.1, -0.05) is 0 Å². The zero-order valence-corrected chi connectivity index (χ0v) is 21.7. The number of morpholine rings is 1. The number of nitrogens with zero attached hydrogens (tertiary/aromatic N) is 3. The smallest absolute Gasteiger partial charge is 0.305 e. The maximum Gasteiger partial charge on any atom is 0.305 e. The van der Waals surface area contributed by atoms with E-state index in [1.54, 1.807) is 12.1 Å². The summed E-state index contributed by atoms with van der Waals surface area (Å²) >= 11 is 0. The zero-order valence-electron chi connectivity index (χ0n) is 21.7. The van der Waals surface area contributed by atoms with E-state index >= 15 is 0 Å². The number of nitrogens with one attached hydrogen (secondary N) is 1. The summed E-state index contributed by atoms with van der Waals surface area (Å²) in [5.41, 5.74) is 1.24. The van der Waals surface area contributed by atoms with Gasteiger partial charge in [-0.25, -0.2) is 0 Å². The third-order valence-electron chi connectivity index (χ3n) is 8.12. The van der Waals surface area contributed by atoms with E-state index in [0.29, 0.717) is 18.6 Å². The van der Waals surface area contributed by atoms with Gasteiger partial charge in [-0.05, 0) is 56.8 Å². The molecule has 0 bridgehead atoms. The van der Waals surface area contributed by atoms with E-state index in [0.717, 1.165) is 69.0 Å². The van der Waals surface area contributed by atoms with Crippen molar-refractivity contribution in [1.82, 2.24) is 15.1 Å². The summed E-state index contributed by atoms with van der Waals surface area (Å²) in [6, 6.07) is 4.29. The molecule has 4 amide bonds. The molecule has 3 saturated heterocycles. The summed E-state index contributed by atoms with van der Waals surface area (Å²) in [5.74, 6) is -2.16. The third kappa shape index (κ3) is 5.17. The molecule has 204 valence electrons. The fourth-order valence-electron chi connectivity index (χ4n) is 5.95. The lowest BCUT2D eigenvalue weighted by Gasteiger charge is -2.48. The van der Waals surface area contributed by atoms with Crippen LogP contribution < -0.4 is 10.2 Å². The monoisotopic (exact) mass is 526 g/mol. The lowest BCUT2D eigenvalue weighted by Crippen LogP contribution is -2.57. The van der Waals surface area contributed by atoms with Gasteiger partial charge in [0.25, 0.3) is 11.8 Å². The molecular weight excluding hydrogens is 492 g/mol. The Morgan fingerprint density at radius 1 is 1.08 bits per heavy atom. The van der Waals surface area contributed by atoms with Crippen LogP contribution in [0.5, 0.6) is 0 Å². The highest BCUT2D eigenvalue weighted by Gasteiger charge is 2.45. The summed E-state index contributed by atoms with van der Waals surface area (Å²) in [5, 5.41) is 2.22. The van der Waals surface area contributed by atoms with Crippen molar-refractivity contribution >= 4 is 35.3 Å². The topological polar surface area (TPSA) is 126 Å². The summed E-state index contributed by atoms with van der Waals surface area (Å²) in [7, 11) is 1.41. The Morgan fingerprint density at radius 3 is 2.58 bits per heavy atom. The quantitative estimate of drug-likeness (QED) is 0.316. The van der Waals surface area contributed by atoms with Gasteiger partial charge in [0.1, 0.15) is 6.04 Å². The molecule has 38 heavy (non-hydrogen) atoms. The van der Waals surface area contributed by atoms with E-state index in [9.17, 15) is 24.0 Å². The van der Waals surface area contributed by atoms with Gasteiger partial charge in [-0.3, -0.25) is 39.1 Å². The minimum atomic E-state index is -0.967. The molecule has 0 radical (unpaired) electrons. The molecule has 1 spiro atoms. The molecule has 1 unspecified atom stereocenters. The van der Waals surface area contributed by atoms with Crippen molar-refractivity contribution in [1.29, 1.82) is 0 Å². The van der Waals surface area contributed by atoms with Gasteiger partial charge in [0, 0.05) is 44.7 Å². The number of esters is 1. The molecule has 0 aromatic heterocycles. The van der Waals surface area contributed by atoms with Crippen LogP contribution in [0.2, 0.25) is 0 Å². The molecule has 1 aromatic rings. The average molecular weight is 527 g/mol. The van der Waals surface area contributed by atoms with Crippen molar-refractivity contribution in [3.63, 3.8) is 0 Å². The maximum atomic E-state index is 13.2. The van der Waals surface area contributed by atoms with Crippen LogP contribution in [-0.4, -0.2) is 97.5 Å². The molecule has 5 rings (SSSR count). The number of piperidine rings is 2. The molecule has 1 N–H and O–H groups in total. The molecule has 4 aliphatic heterocycles. The normalized spacial score (nSPS) is 23.6. The van der Waals surface area contributed by atoms with Crippen LogP contribution in [0.3, 0.4) is 0 Å². The number of carbonyl (C=O) groups excluding carboxylic acids is 5. The van der Waals surface area contributed by atoms with Crippen LogP contribution in [0.1, 0.15) is 65.7 Å². The molecule has 3 fully saturated rings. The number of unbranched alkanes of at least 4 members (excludes halogenated alkanes) is 1. The van der Waals surface area contributed by atoms with E-state index in [1.807, 2.05) is 6.07 Å². The van der Waals surface area contributed by atoms with Crippen LogP contribution in [-0.2, 0) is 23.9 Å². The SMILES string of the molecule is COC(=O)CCCCN1CCOC2(CCN(c3ccc4c(c3)C(=O)N(C3CCC(=O)NC3=O)C4=O)CC2)C1. The Hall–Kier alpha value is -3.31. The Balaban J connectivity index is 1.19. The van der Waals surface area contributed by atoms with Crippen LogP contribution in [0.15, 0.2) is 18.2 Å². The number of carbonyl (C=O) groups is 5. The lowest BCUT2D eigenvalue weighted by atomic mass is 9.88. The molecule has 0 aliphatic carbocycles. The second-order valence-electron chi connectivity index (χ2n) is 10.5. The van der Waals surface area contributed by atoms with Crippen LogP contribution in [0, 0.1) is 0 Å². The van der Waals surface area contributed by atoms with Crippen molar-refractivity contribution in [2.24, 2.45) is 0 Å². The van der Waals surface area contributed by atoms with E-state index in [-0.39, 0.29) is 30.0 Å². The number of methoxy groups -OCH3 is 1. The number of ether oxygens (including phenoxy) is 2. The number of anilines is 1. The predicted molar refractivity (Wildman–Crippen MR) is 136 cm³/mol. The first-order valence-corrected chi connectivity index (χ1v) is 13.3. The van der Waals surface area contributed by atoms with Crippen LogP contribution in [0.25, 0.3) is 0 Å². The molecule has 1 aromatic carbocycles. The Kier molecular flexibility index (Phi) is 7.49. The molecular formula is C27H34N4O7. The standard InChI is InChI=1S/C27H34N4O7/c1-37-23(33)4-2-3-11-29-14-15-38-27(17-29)9-12-30(13-10-27)18-5-6-19-20(16-18)26(36)31(25(19)35)21-7-8-22(32)28-24(21)34/h5-6,16,21H,2-4,7-15,17H2,1H3,(H,28,32,34).